The quantitative estimate of drug-likeness (QED) is 0.660. The summed E-state index contributed by atoms with van der Waals surface area (Å²) in [7, 11) is 0. The van der Waals surface area contributed by atoms with Gasteiger partial charge < -0.3 is 10.3 Å². The maximum absolute atomic E-state index is 12.4. The Hall–Kier alpha value is -2.11. The van der Waals surface area contributed by atoms with Gasteiger partial charge in [-0.3, -0.25) is 9.69 Å². The molecule has 1 unspecified atom stereocenters. The number of carbonyl (C=O) groups is 1. The molecular formula is C21H25N3OS. The third kappa shape index (κ3) is 3.84. The summed E-state index contributed by atoms with van der Waals surface area (Å²) < 4.78 is 0. The Bertz CT molecular complexity index is 849. The van der Waals surface area contributed by atoms with E-state index in [9.17, 15) is 4.79 Å². The van der Waals surface area contributed by atoms with Crippen molar-refractivity contribution in [2.24, 2.45) is 0 Å². The van der Waals surface area contributed by atoms with Crippen LogP contribution >= 0.6 is 11.3 Å². The summed E-state index contributed by atoms with van der Waals surface area (Å²) in [5, 5.41) is 6.51. The van der Waals surface area contributed by atoms with E-state index in [1.807, 2.05) is 18.3 Å². The summed E-state index contributed by atoms with van der Waals surface area (Å²) in [6.07, 6.45) is 5.84. The maximum Gasteiger partial charge on any atom is 0.220 e. The lowest BCUT2D eigenvalue weighted by Crippen LogP contribution is -2.36. The van der Waals surface area contributed by atoms with Crippen LogP contribution in [0.2, 0.25) is 0 Å². The minimum atomic E-state index is 0.135. The summed E-state index contributed by atoms with van der Waals surface area (Å²) in [5.41, 5.74) is 2.35. The number of thiophene rings is 1. The highest BCUT2D eigenvalue weighted by Gasteiger charge is 2.24. The second-order valence-electron chi connectivity index (χ2n) is 6.94. The number of aryl methyl sites for hydroxylation is 1. The average molecular weight is 368 g/mol. The lowest BCUT2D eigenvalue weighted by molar-refractivity contribution is -0.121. The van der Waals surface area contributed by atoms with E-state index in [2.05, 4.69) is 44.8 Å². The minimum Gasteiger partial charge on any atom is -0.361 e. The van der Waals surface area contributed by atoms with Gasteiger partial charge in [-0.2, -0.15) is 0 Å². The molecule has 2 N–H and O–H groups in total. The highest BCUT2D eigenvalue weighted by Crippen LogP contribution is 2.28. The Morgan fingerprint density at radius 1 is 1.19 bits per heavy atom. The van der Waals surface area contributed by atoms with Crippen LogP contribution < -0.4 is 5.32 Å². The number of nitrogens with zero attached hydrogens (tertiary/aromatic N) is 1. The SMILES string of the molecule is O=C(CCc1c[nH]c2ccccc12)NCC(c1cccs1)N1CCCC1. The first-order valence-electron chi connectivity index (χ1n) is 9.40. The van der Waals surface area contributed by atoms with Crippen LogP contribution in [0.3, 0.4) is 0 Å². The van der Waals surface area contributed by atoms with E-state index in [1.54, 1.807) is 11.3 Å². The number of fused-ring (bicyclic) bond motifs is 1. The Balaban J connectivity index is 1.33. The van der Waals surface area contributed by atoms with Crippen LogP contribution in [0, 0.1) is 0 Å². The van der Waals surface area contributed by atoms with E-state index >= 15 is 0 Å². The van der Waals surface area contributed by atoms with E-state index < -0.39 is 0 Å². The molecule has 0 bridgehead atoms. The molecule has 26 heavy (non-hydrogen) atoms. The van der Waals surface area contributed by atoms with Crippen LogP contribution in [0.5, 0.6) is 0 Å². The summed E-state index contributed by atoms with van der Waals surface area (Å²) in [6.45, 7) is 2.97. The van der Waals surface area contributed by atoms with Gasteiger partial charge in [-0.25, -0.2) is 0 Å². The fraction of sp³-hybridized carbons (Fsp3) is 0.381. The minimum absolute atomic E-state index is 0.135. The van der Waals surface area contributed by atoms with Crippen molar-refractivity contribution in [3.8, 4) is 0 Å². The number of aromatic amines is 1. The van der Waals surface area contributed by atoms with Crippen LogP contribution in [-0.2, 0) is 11.2 Å². The molecule has 4 nitrogen and oxygen atoms in total. The summed E-state index contributed by atoms with van der Waals surface area (Å²) in [4.78, 5) is 19.6. The first-order valence-corrected chi connectivity index (χ1v) is 10.3. The molecule has 1 saturated heterocycles. The molecule has 1 amide bonds. The van der Waals surface area contributed by atoms with Gasteiger partial charge in [0.15, 0.2) is 0 Å². The van der Waals surface area contributed by atoms with Gasteiger partial charge in [0, 0.05) is 34.9 Å². The topological polar surface area (TPSA) is 48.1 Å². The first-order chi connectivity index (χ1) is 12.8. The van der Waals surface area contributed by atoms with E-state index in [4.69, 9.17) is 0 Å². The lowest BCUT2D eigenvalue weighted by atomic mass is 10.1. The zero-order valence-electron chi connectivity index (χ0n) is 14.9. The van der Waals surface area contributed by atoms with Gasteiger partial charge in [0.05, 0.1) is 6.04 Å². The zero-order chi connectivity index (χ0) is 17.8. The van der Waals surface area contributed by atoms with Crippen LogP contribution in [-0.4, -0.2) is 35.4 Å². The molecular weight excluding hydrogens is 342 g/mol. The highest BCUT2D eigenvalue weighted by molar-refractivity contribution is 7.10. The van der Waals surface area contributed by atoms with Crippen LogP contribution in [0.1, 0.15) is 35.7 Å². The van der Waals surface area contributed by atoms with E-state index in [1.165, 1.54) is 28.7 Å². The van der Waals surface area contributed by atoms with Crippen molar-refractivity contribution in [2.45, 2.75) is 31.7 Å². The molecule has 0 spiro atoms. The van der Waals surface area contributed by atoms with Gasteiger partial charge >= 0.3 is 0 Å². The molecule has 1 aliphatic rings. The van der Waals surface area contributed by atoms with Gasteiger partial charge in [-0.05, 0) is 55.4 Å². The third-order valence-corrected chi connectivity index (χ3v) is 6.22. The Labute approximate surface area is 158 Å². The predicted molar refractivity (Wildman–Crippen MR) is 107 cm³/mol. The number of carbonyl (C=O) groups excluding carboxylic acids is 1. The van der Waals surface area contributed by atoms with E-state index in [0.717, 1.165) is 25.0 Å². The van der Waals surface area contributed by atoms with Crippen molar-refractivity contribution >= 4 is 28.1 Å². The van der Waals surface area contributed by atoms with Gasteiger partial charge in [0.25, 0.3) is 0 Å². The standard InChI is InChI=1S/C21H25N3OS/c25-21(10-9-16-14-22-18-7-2-1-6-17(16)18)23-15-19(20-8-5-13-26-20)24-11-3-4-12-24/h1-2,5-8,13-14,19,22H,3-4,9-12,15H2,(H,23,25). The fourth-order valence-corrected chi connectivity index (χ4v) is 4.69. The highest BCUT2D eigenvalue weighted by atomic mass is 32.1. The average Bonchev–Trinajstić information content (AvgIpc) is 3.42. The van der Waals surface area contributed by atoms with Crippen molar-refractivity contribution < 1.29 is 4.79 Å². The number of para-hydroxylation sites is 1. The number of benzene rings is 1. The van der Waals surface area contributed by atoms with Crippen LogP contribution in [0.25, 0.3) is 10.9 Å². The molecule has 4 rings (SSSR count). The summed E-state index contributed by atoms with van der Waals surface area (Å²) >= 11 is 1.79. The Morgan fingerprint density at radius 2 is 2.04 bits per heavy atom. The van der Waals surface area contributed by atoms with Crippen molar-refractivity contribution in [2.75, 3.05) is 19.6 Å². The Morgan fingerprint density at radius 3 is 2.85 bits per heavy atom. The van der Waals surface area contributed by atoms with Crippen molar-refractivity contribution in [1.82, 2.24) is 15.2 Å². The molecule has 136 valence electrons. The van der Waals surface area contributed by atoms with Crippen LogP contribution in [0.4, 0.5) is 0 Å². The molecule has 0 aliphatic carbocycles. The van der Waals surface area contributed by atoms with Gasteiger partial charge in [0.1, 0.15) is 0 Å². The number of hydrogen-bond acceptors (Lipinski definition) is 3. The third-order valence-electron chi connectivity index (χ3n) is 5.24. The van der Waals surface area contributed by atoms with Gasteiger partial charge in [0.2, 0.25) is 5.91 Å². The summed E-state index contributed by atoms with van der Waals surface area (Å²) in [5.74, 6) is 0.135. The van der Waals surface area contributed by atoms with Gasteiger partial charge in [-0.15, -0.1) is 11.3 Å². The molecule has 1 atom stereocenters. The smallest absolute Gasteiger partial charge is 0.220 e. The molecule has 3 aromatic rings. The van der Waals surface area contributed by atoms with Crippen LogP contribution in [0.15, 0.2) is 48.0 Å². The fourth-order valence-electron chi connectivity index (χ4n) is 3.83. The van der Waals surface area contributed by atoms with Crippen molar-refractivity contribution in [3.05, 3.63) is 58.4 Å². The van der Waals surface area contributed by atoms with Crippen molar-refractivity contribution in [3.63, 3.8) is 0 Å². The number of likely N-dealkylation sites (tertiary alicyclic amines) is 1. The molecule has 1 aromatic carbocycles. The summed E-state index contributed by atoms with van der Waals surface area (Å²) in [6, 6.07) is 12.8. The molecule has 5 heteroatoms. The molecule has 3 heterocycles. The van der Waals surface area contributed by atoms with Crippen molar-refractivity contribution in [1.29, 1.82) is 0 Å². The number of nitrogens with one attached hydrogen (secondary N) is 2. The first kappa shape index (κ1) is 17.3. The molecule has 1 aliphatic heterocycles. The Kier molecular flexibility index (Phi) is 5.37. The monoisotopic (exact) mass is 367 g/mol. The lowest BCUT2D eigenvalue weighted by Gasteiger charge is -2.26. The number of amides is 1. The van der Waals surface area contributed by atoms with E-state index in [-0.39, 0.29) is 5.91 Å². The zero-order valence-corrected chi connectivity index (χ0v) is 15.7. The predicted octanol–water partition coefficient (Wildman–Crippen LogP) is 4.12. The number of H-pyrrole nitrogens is 1. The largest absolute Gasteiger partial charge is 0.361 e. The number of aromatic nitrogens is 1. The number of rotatable bonds is 7. The number of hydrogen-bond donors (Lipinski definition) is 2. The maximum atomic E-state index is 12.4. The van der Waals surface area contributed by atoms with Gasteiger partial charge in [-0.1, -0.05) is 24.3 Å². The molecule has 0 saturated carbocycles. The van der Waals surface area contributed by atoms with E-state index in [0.29, 0.717) is 19.0 Å². The molecule has 1 fully saturated rings. The second kappa shape index (κ2) is 8.06. The second-order valence-corrected chi connectivity index (χ2v) is 7.92. The molecule has 0 radical (unpaired) electrons. The normalized spacial score (nSPS) is 16.2. The molecule has 2 aromatic heterocycles.